The SMILES string of the molecule is CCc1cccc(C)c1NC(=O)c1ccccc1O. The molecule has 2 aromatic rings. The van der Waals surface area contributed by atoms with Crippen molar-refractivity contribution in [2.75, 3.05) is 5.32 Å². The Bertz CT molecular complexity index is 605. The smallest absolute Gasteiger partial charge is 0.259 e. The van der Waals surface area contributed by atoms with E-state index in [0.29, 0.717) is 0 Å². The van der Waals surface area contributed by atoms with Crippen LogP contribution < -0.4 is 5.32 Å². The molecular formula is C16H17NO2. The third kappa shape index (κ3) is 2.76. The van der Waals surface area contributed by atoms with Crippen molar-refractivity contribution in [3.05, 3.63) is 59.2 Å². The molecule has 3 nitrogen and oxygen atoms in total. The predicted octanol–water partition coefficient (Wildman–Crippen LogP) is 3.52. The molecule has 1 amide bonds. The maximum Gasteiger partial charge on any atom is 0.259 e. The van der Waals surface area contributed by atoms with Crippen molar-refractivity contribution in [1.82, 2.24) is 0 Å². The Hall–Kier alpha value is -2.29. The van der Waals surface area contributed by atoms with Crippen LogP contribution in [-0.2, 0) is 6.42 Å². The Morgan fingerprint density at radius 2 is 1.89 bits per heavy atom. The van der Waals surface area contributed by atoms with Crippen LogP contribution in [0.5, 0.6) is 5.75 Å². The van der Waals surface area contributed by atoms with E-state index in [4.69, 9.17) is 0 Å². The number of carbonyl (C=O) groups is 1. The number of amides is 1. The third-order valence-electron chi connectivity index (χ3n) is 3.13. The molecule has 2 N–H and O–H groups in total. The van der Waals surface area contributed by atoms with Gasteiger partial charge in [0.1, 0.15) is 5.75 Å². The number of phenols is 1. The van der Waals surface area contributed by atoms with E-state index in [1.165, 1.54) is 6.07 Å². The lowest BCUT2D eigenvalue weighted by Crippen LogP contribution is -2.14. The van der Waals surface area contributed by atoms with E-state index in [1.807, 2.05) is 32.0 Å². The number of nitrogens with one attached hydrogen (secondary N) is 1. The summed E-state index contributed by atoms with van der Waals surface area (Å²) in [6.07, 6.45) is 0.845. The van der Waals surface area contributed by atoms with Crippen LogP contribution in [0.15, 0.2) is 42.5 Å². The average molecular weight is 255 g/mol. The van der Waals surface area contributed by atoms with Gasteiger partial charge in [-0.1, -0.05) is 37.3 Å². The maximum atomic E-state index is 12.2. The lowest BCUT2D eigenvalue weighted by atomic mass is 10.1. The first-order valence-electron chi connectivity index (χ1n) is 6.31. The van der Waals surface area contributed by atoms with Crippen LogP contribution in [0.4, 0.5) is 5.69 Å². The van der Waals surface area contributed by atoms with E-state index < -0.39 is 0 Å². The zero-order chi connectivity index (χ0) is 13.8. The lowest BCUT2D eigenvalue weighted by Gasteiger charge is -2.13. The van der Waals surface area contributed by atoms with Crippen molar-refractivity contribution in [1.29, 1.82) is 0 Å². The van der Waals surface area contributed by atoms with Gasteiger partial charge >= 0.3 is 0 Å². The van der Waals surface area contributed by atoms with Gasteiger partial charge in [-0.3, -0.25) is 4.79 Å². The van der Waals surface area contributed by atoms with E-state index >= 15 is 0 Å². The van der Waals surface area contributed by atoms with E-state index in [-0.39, 0.29) is 17.2 Å². The molecule has 0 heterocycles. The topological polar surface area (TPSA) is 49.3 Å². The summed E-state index contributed by atoms with van der Waals surface area (Å²) in [5.74, 6) is -0.297. The highest BCUT2D eigenvalue weighted by molar-refractivity contribution is 6.06. The minimum absolute atomic E-state index is 0.00775. The number of hydrogen-bond donors (Lipinski definition) is 2. The molecule has 0 atom stereocenters. The second-order valence-electron chi connectivity index (χ2n) is 4.43. The molecule has 3 heteroatoms. The molecule has 0 fully saturated rings. The molecule has 19 heavy (non-hydrogen) atoms. The fourth-order valence-corrected chi connectivity index (χ4v) is 2.05. The first kappa shape index (κ1) is 13.1. The monoisotopic (exact) mass is 255 g/mol. The van der Waals surface area contributed by atoms with Crippen molar-refractivity contribution in [2.24, 2.45) is 0 Å². The molecule has 0 saturated carbocycles. The standard InChI is InChI=1S/C16H17NO2/c1-3-12-8-6-7-11(2)15(12)17-16(19)13-9-4-5-10-14(13)18/h4-10,18H,3H2,1-2H3,(H,17,19). The van der Waals surface area contributed by atoms with Gasteiger partial charge in [-0.25, -0.2) is 0 Å². The van der Waals surface area contributed by atoms with Crippen molar-refractivity contribution >= 4 is 11.6 Å². The van der Waals surface area contributed by atoms with Crippen molar-refractivity contribution < 1.29 is 9.90 Å². The molecule has 0 unspecified atom stereocenters. The molecule has 0 aliphatic rings. The molecule has 0 bridgehead atoms. The van der Waals surface area contributed by atoms with E-state index in [2.05, 4.69) is 5.32 Å². The summed E-state index contributed by atoms with van der Waals surface area (Å²) in [6.45, 7) is 4.00. The van der Waals surface area contributed by atoms with E-state index in [0.717, 1.165) is 23.2 Å². The summed E-state index contributed by atoms with van der Waals surface area (Å²) in [4.78, 5) is 12.2. The molecular weight excluding hydrogens is 238 g/mol. The molecule has 0 aromatic heterocycles. The largest absolute Gasteiger partial charge is 0.507 e. The van der Waals surface area contributed by atoms with Gasteiger partial charge in [0.2, 0.25) is 0 Å². The van der Waals surface area contributed by atoms with E-state index in [9.17, 15) is 9.90 Å². The second kappa shape index (κ2) is 5.57. The summed E-state index contributed by atoms with van der Waals surface area (Å²) < 4.78 is 0. The van der Waals surface area contributed by atoms with Crippen LogP contribution in [0.1, 0.15) is 28.4 Å². The molecule has 0 aliphatic carbocycles. The molecule has 98 valence electrons. The number of phenolic OH excluding ortho intramolecular Hbond substituents is 1. The van der Waals surface area contributed by atoms with Crippen molar-refractivity contribution in [3.8, 4) is 5.75 Å². The number of benzene rings is 2. The summed E-state index contributed by atoms with van der Waals surface area (Å²) in [5, 5.41) is 12.6. The Balaban J connectivity index is 2.32. The average Bonchev–Trinajstić information content (AvgIpc) is 2.41. The fraction of sp³-hybridized carbons (Fsp3) is 0.188. The Morgan fingerprint density at radius 3 is 2.58 bits per heavy atom. The normalized spacial score (nSPS) is 10.2. The van der Waals surface area contributed by atoms with Crippen LogP contribution in [0, 0.1) is 6.92 Å². The highest BCUT2D eigenvalue weighted by Gasteiger charge is 2.13. The summed E-state index contributed by atoms with van der Waals surface area (Å²) in [5.41, 5.74) is 3.22. The summed E-state index contributed by atoms with van der Waals surface area (Å²) in [6, 6.07) is 12.5. The summed E-state index contributed by atoms with van der Waals surface area (Å²) >= 11 is 0. The highest BCUT2D eigenvalue weighted by atomic mass is 16.3. The second-order valence-corrected chi connectivity index (χ2v) is 4.43. The highest BCUT2D eigenvalue weighted by Crippen LogP contribution is 2.23. The molecule has 2 rings (SSSR count). The number of para-hydroxylation sites is 2. The number of anilines is 1. The summed E-state index contributed by atoms with van der Waals surface area (Å²) in [7, 11) is 0. The molecule has 2 aromatic carbocycles. The van der Waals surface area contributed by atoms with Gasteiger partial charge in [-0.05, 0) is 36.6 Å². The van der Waals surface area contributed by atoms with Crippen LogP contribution in [0.3, 0.4) is 0 Å². The Morgan fingerprint density at radius 1 is 1.16 bits per heavy atom. The minimum Gasteiger partial charge on any atom is -0.507 e. The minimum atomic E-state index is -0.290. The van der Waals surface area contributed by atoms with Crippen molar-refractivity contribution in [3.63, 3.8) is 0 Å². The van der Waals surface area contributed by atoms with Crippen LogP contribution in [-0.4, -0.2) is 11.0 Å². The van der Waals surface area contributed by atoms with Gasteiger partial charge in [-0.15, -0.1) is 0 Å². The van der Waals surface area contributed by atoms with Crippen molar-refractivity contribution in [2.45, 2.75) is 20.3 Å². The number of rotatable bonds is 3. The first-order chi connectivity index (χ1) is 9.13. The third-order valence-corrected chi connectivity index (χ3v) is 3.13. The van der Waals surface area contributed by atoms with Crippen LogP contribution >= 0.6 is 0 Å². The maximum absolute atomic E-state index is 12.2. The number of carbonyl (C=O) groups excluding carboxylic acids is 1. The zero-order valence-corrected chi connectivity index (χ0v) is 11.1. The van der Waals surface area contributed by atoms with Gasteiger partial charge in [-0.2, -0.15) is 0 Å². The van der Waals surface area contributed by atoms with Gasteiger partial charge in [0, 0.05) is 5.69 Å². The van der Waals surface area contributed by atoms with Gasteiger partial charge in [0.15, 0.2) is 0 Å². The van der Waals surface area contributed by atoms with Crippen LogP contribution in [0.2, 0.25) is 0 Å². The molecule has 0 radical (unpaired) electrons. The fourth-order valence-electron chi connectivity index (χ4n) is 2.05. The zero-order valence-electron chi connectivity index (χ0n) is 11.1. The van der Waals surface area contributed by atoms with Gasteiger partial charge in [0.25, 0.3) is 5.91 Å². The molecule has 0 saturated heterocycles. The molecule has 0 spiro atoms. The lowest BCUT2D eigenvalue weighted by molar-refractivity contribution is 0.102. The number of hydrogen-bond acceptors (Lipinski definition) is 2. The van der Waals surface area contributed by atoms with Gasteiger partial charge < -0.3 is 10.4 Å². The van der Waals surface area contributed by atoms with E-state index in [1.54, 1.807) is 18.2 Å². The van der Waals surface area contributed by atoms with Crippen LogP contribution in [0.25, 0.3) is 0 Å². The Labute approximate surface area is 112 Å². The number of aryl methyl sites for hydroxylation is 2. The molecule has 0 aliphatic heterocycles. The number of aromatic hydroxyl groups is 1. The first-order valence-corrected chi connectivity index (χ1v) is 6.31. The van der Waals surface area contributed by atoms with Gasteiger partial charge in [0.05, 0.1) is 5.56 Å². The Kier molecular flexibility index (Phi) is 3.85. The predicted molar refractivity (Wildman–Crippen MR) is 76.6 cm³/mol. The quantitative estimate of drug-likeness (QED) is 0.881.